The van der Waals surface area contributed by atoms with E-state index in [-0.39, 0.29) is 0 Å². The Balaban J connectivity index is 2.21. The van der Waals surface area contributed by atoms with Gasteiger partial charge < -0.3 is 10.4 Å². The lowest BCUT2D eigenvalue weighted by Gasteiger charge is -2.15. The van der Waals surface area contributed by atoms with E-state index in [1.165, 1.54) is 22.9 Å². The molecule has 0 saturated heterocycles. The van der Waals surface area contributed by atoms with Crippen molar-refractivity contribution in [3.8, 4) is 0 Å². The average Bonchev–Trinajstić information content (AvgIpc) is 2.34. The van der Waals surface area contributed by atoms with Crippen molar-refractivity contribution in [2.45, 2.75) is 38.6 Å². The predicted molar refractivity (Wildman–Crippen MR) is 76.1 cm³/mol. The molecule has 2 N–H and O–H groups in total. The summed E-state index contributed by atoms with van der Waals surface area (Å²) < 4.78 is 1.17. The molecule has 0 aliphatic rings. The molecule has 0 unspecified atom stereocenters. The van der Waals surface area contributed by atoms with E-state index in [4.69, 9.17) is 5.11 Å². The maximum Gasteiger partial charge on any atom is 0.0431 e. The standard InChI is InChI=1S/C14H22BrNO/c1-12(13-8-4-5-9-14(13)15)16-10-6-2-3-7-11-17/h4-5,8-9,12,16-17H,2-3,6-7,10-11H2,1H3/t12-/m0/s1. The topological polar surface area (TPSA) is 32.3 Å². The third-order valence-corrected chi connectivity index (χ3v) is 3.63. The monoisotopic (exact) mass is 299 g/mol. The van der Waals surface area contributed by atoms with Gasteiger partial charge in [-0.05, 0) is 37.9 Å². The molecule has 1 atom stereocenters. The highest BCUT2D eigenvalue weighted by molar-refractivity contribution is 9.10. The van der Waals surface area contributed by atoms with Crippen LogP contribution in [0.3, 0.4) is 0 Å². The van der Waals surface area contributed by atoms with Gasteiger partial charge in [0.25, 0.3) is 0 Å². The molecule has 0 heterocycles. The van der Waals surface area contributed by atoms with Crippen LogP contribution in [0.5, 0.6) is 0 Å². The van der Waals surface area contributed by atoms with Crippen molar-refractivity contribution in [1.82, 2.24) is 5.32 Å². The summed E-state index contributed by atoms with van der Waals surface area (Å²) in [7, 11) is 0. The fourth-order valence-corrected chi connectivity index (χ4v) is 2.47. The molecule has 0 aliphatic carbocycles. The molecule has 0 spiro atoms. The number of unbranched alkanes of at least 4 members (excludes halogenated alkanes) is 3. The zero-order valence-corrected chi connectivity index (χ0v) is 12.0. The van der Waals surface area contributed by atoms with Gasteiger partial charge in [-0.15, -0.1) is 0 Å². The Labute approximate surface area is 113 Å². The summed E-state index contributed by atoms with van der Waals surface area (Å²) in [6.45, 7) is 3.54. The molecule has 0 radical (unpaired) electrons. The van der Waals surface area contributed by atoms with E-state index in [0.29, 0.717) is 12.6 Å². The Hall–Kier alpha value is -0.380. The SMILES string of the molecule is C[C@H](NCCCCCCO)c1ccccc1Br. The predicted octanol–water partition coefficient (Wildman–Crippen LogP) is 3.65. The third kappa shape index (κ3) is 5.66. The van der Waals surface area contributed by atoms with Gasteiger partial charge in [-0.3, -0.25) is 0 Å². The van der Waals surface area contributed by atoms with Crippen LogP contribution < -0.4 is 5.32 Å². The van der Waals surface area contributed by atoms with Gasteiger partial charge in [0.2, 0.25) is 0 Å². The Bertz CT molecular complexity index is 317. The van der Waals surface area contributed by atoms with Gasteiger partial charge in [0.1, 0.15) is 0 Å². The Kier molecular flexibility index (Phi) is 7.49. The van der Waals surface area contributed by atoms with Crippen LogP contribution in [-0.2, 0) is 0 Å². The third-order valence-electron chi connectivity index (χ3n) is 2.91. The van der Waals surface area contributed by atoms with Gasteiger partial charge in [0.05, 0.1) is 0 Å². The van der Waals surface area contributed by atoms with Crippen LogP contribution in [0.4, 0.5) is 0 Å². The average molecular weight is 300 g/mol. The minimum Gasteiger partial charge on any atom is -0.396 e. The number of halogens is 1. The minimum atomic E-state index is 0.320. The van der Waals surface area contributed by atoms with Crippen molar-refractivity contribution in [2.75, 3.05) is 13.2 Å². The van der Waals surface area contributed by atoms with E-state index in [2.05, 4.69) is 46.4 Å². The Morgan fingerprint density at radius 2 is 1.88 bits per heavy atom. The molecule has 3 heteroatoms. The zero-order chi connectivity index (χ0) is 12.5. The summed E-state index contributed by atoms with van der Waals surface area (Å²) in [5.74, 6) is 0. The van der Waals surface area contributed by atoms with Crippen molar-refractivity contribution >= 4 is 15.9 Å². The molecular weight excluding hydrogens is 278 g/mol. The zero-order valence-electron chi connectivity index (χ0n) is 10.5. The van der Waals surface area contributed by atoms with Crippen LogP contribution in [0.2, 0.25) is 0 Å². The molecule has 0 bridgehead atoms. The van der Waals surface area contributed by atoms with Crippen LogP contribution in [0.25, 0.3) is 0 Å². The Morgan fingerprint density at radius 1 is 1.18 bits per heavy atom. The van der Waals surface area contributed by atoms with Crippen molar-refractivity contribution in [3.63, 3.8) is 0 Å². The van der Waals surface area contributed by atoms with E-state index < -0.39 is 0 Å². The first-order valence-electron chi connectivity index (χ1n) is 6.34. The van der Waals surface area contributed by atoms with E-state index >= 15 is 0 Å². The normalized spacial score (nSPS) is 12.6. The fraction of sp³-hybridized carbons (Fsp3) is 0.571. The van der Waals surface area contributed by atoms with Gasteiger partial charge in [-0.2, -0.15) is 0 Å². The van der Waals surface area contributed by atoms with Crippen molar-refractivity contribution < 1.29 is 5.11 Å². The summed E-state index contributed by atoms with van der Waals surface area (Å²) in [5.41, 5.74) is 1.31. The molecular formula is C14H22BrNO. The molecule has 0 saturated carbocycles. The summed E-state index contributed by atoms with van der Waals surface area (Å²) in [4.78, 5) is 0. The molecule has 96 valence electrons. The van der Waals surface area contributed by atoms with Crippen LogP contribution in [0, 0.1) is 0 Å². The fourth-order valence-electron chi connectivity index (χ4n) is 1.85. The summed E-state index contributed by atoms with van der Waals surface area (Å²) in [6, 6.07) is 8.71. The first kappa shape index (κ1) is 14.7. The maximum atomic E-state index is 8.67. The molecule has 0 fully saturated rings. The van der Waals surface area contributed by atoms with Crippen LogP contribution in [-0.4, -0.2) is 18.3 Å². The van der Waals surface area contributed by atoms with Gasteiger partial charge in [0, 0.05) is 17.1 Å². The van der Waals surface area contributed by atoms with E-state index in [0.717, 1.165) is 19.4 Å². The molecule has 1 aromatic rings. The first-order chi connectivity index (χ1) is 8.25. The van der Waals surface area contributed by atoms with E-state index in [1.807, 2.05) is 6.07 Å². The quantitative estimate of drug-likeness (QED) is 0.718. The number of aliphatic hydroxyl groups excluding tert-OH is 1. The highest BCUT2D eigenvalue weighted by Crippen LogP contribution is 2.22. The van der Waals surface area contributed by atoms with Crippen LogP contribution in [0.15, 0.2) is 28.7 Å². The molecule has 1 aromatic carbocycles. The molecule has 0 amide bonds. The number of rotatable bonds is 8. The number of nitrogens with one attached hydrogen (secondary N) is 1. The lowest BCUT2D eigenvalue weighted by Crippen LogP contribution is -2.20. The summed E-state index contributed by atoms with van der Waals surface area (Å²) in [6.07, 6.45) is 4.42. The number of aliphatic hydroxyl groups is 1. The maximum absolute atomic E-state index is 8.67. The molecule has 1 rings (SSSR count). The van der Waals surface area contributed by atoms with Crippen molar-refractivity contribution in [1.29, 1.82) is 0 Å². The second kappa shape index (κ2) is 8.67. The van der Waals surface area contributed by atoms with Gasteiger partial charge >= 0.3 is 0 Å². The molecule has 17 heavy (non-hydrogen) atoms. The van der Waals surface area contributed by atoms with Crippen LogP contribution >= 0.6 is 15.9 Å². The smallest absolute Gasteiger partial charge is 0.0431 e. The van der Waals surface area contributed by atoms with E-state index in [9.17, 15) is 0 Å². The number of hydrogen-bond acceptors (Lipinski definition) is 2. The minimum absolute atomic E-state index is 0.320. The molecule has 2 nitrogen and oxygen atoms in total. The summed E-state index contributed by atoms with van der Waals surface area (Å²) in [5, 5.41) is 12.2. The highest BCUT2D eigenvalue weighted by Gasteiger charge is 2.06. The molecule has 0 aliphatic heterocycles. The van der Waals surface area contributed by atoms with Gasteiger partial charge in [-0.25, -0.2) is 0 Å². The largest absolute Gasteiger partial charge is 0.396 e. The Morgan fingerprint density at radius 3 is 2.59 bits per heavy atom. The van der Waals surface area contributed by atoms with Gasteiger partial charge in [0.15, 0.2) is 0 Å². The lowest BCUT2D eigenvalue weighted by molar-refractivity contribution is 0.282. The van der Waals surface area contributed by atoms with Crippen molar-refractivity contribution in [3.05, 3.63) is 34.3 Å². The van der Waals surface area contributed by atoms with Crippen molar-refractivity contribution in [2.24, 2.45) is 0 Å². The second-order valence-electron chi connectivity index (χ2n) is 4.34. The van der Waals surface area contributed by atoms with Crippen LogP contribution in [0.1, 0.15) is 44.2 Å². The first-order valence-corrected chi connectivity index (χ1v) is 7.13. The second-order valence-corrected chi connectivity index (χ2v) is 5.19. The number of benzene rings is 1. The lowest BCUT2D eigenvalue weighted by atomic mass is 10.1. The molecule has 0 aromatic heterocycles. The highest BCUT2D eigenvalue weighted by atomic mass is 79.9. The van der Waals surface area contributed by atoms with Gasteiger partial charge in [-0.1, -0.05) is 47.0 Å². The van der Waals surface area contributed by atoms with E-state index in [1.54, 1.807) is 0 Å². The summed E-state index contributed by atoms with van der Waals surface area (Å²) >= 11 is 3.57. The number of hydrogen-bond donors (Lipinski definition) is 2.